The van der Waals surface area contributed by atoms with E-state index >= 15 is 0 Å². The highest BCUT2D eigenvalue weighted by atomic mass is 31.2. The molecule has 0 spiro atoms. The van der Waals surface area contributed by atoms with E-state index in [1.165, 1.54) is 4.57 Å². The molecule has 12 heteroatoms. The number of phosphoric ester groups is 1. The lowest BCUT2D eigenvalue weighted by Gasteiger charge is -2.07. The number of nitrogen functional groups attached to an aromatic ring is 1. The maximum absolute atomic E-state index is 10.9. The number of ether oxygens (including phenoxy) is 1. The predicted octanol–water partition coefficient (Wildman–Crippen LogP) is 2.74. The van der Waals surface area contributed by atoms with Crippen LogP contribution in [0, 0.1) is 6.92 Å². The quantitative estimate of drug-likeness (QED) is 0.244. The number of aryl methyl sites for hydroxylation is 1. The van der Waals surface area contributed by atoms with Crippen molar-refractivity contribution in [2.45, 2.75) is 26.7 Å². The summed E-state index contributed by atoms with van der Waals surface area (Å²) in [7, 11) is -4.62. The molecule has 0 saturated heterocycles. The van der Waals surface area contributed by atoms with E-state index in [-0.39, 0.29) is 5.82 Å². The van der Waals surface area contributed by atoms with Gasteiger partial charge in [-0.25, -0.2) is 13.7 Å². The van der Waals surface area contributed by atoms with Crippen LogP contribution in [0.25, 0.3) is 11.3 Å². The zero-order valence-corrected chi connectivity index (χ0v) is 18.5. The highest BCUT2D eigenvalue weighted by Gasteiger charge is 2.20. The Morgan fingerprint density at radius 3 is 2.55 bits per heavy atom. The van der Waals surface area contributed by atoms with E-state index in [0.29, 0.717) is 35.8 Å². The summed E-state index contributed by atoms with van der Waals surface area (Å²) < 4.78 is 33.0. The number of anilines is 1. The fourth-order valence-corrected chi connectivity index (χ4v) is 3.37. The van der Waals surface area contributed by atoms with Gasteiger partial charge in [-0.05, 0) is 36.8 Å². The van der Waals surface area contributed by atoms with Crippen molar-refractivity contribution < 1.29 is 37.2 Å². The Bertz CT molecular complexity index is 1280. The van der Waals surface area contributed by atoms with Gasteiger partial charge in [0.1, 0.15) is 29.4 Å². The number of pyridine rings is 1. The van der Waals surface area contributed by atoms with Crippen molar-refractivity contribution >= 4 is 13.6 Å². The standard InChI is InChI=1S/C21H21N4O7P/c1-14-9-17(24-31-14)12-29-18-6-4-15(5-7-18)10-16-11-20(32-23-16)19-3-2-8-25(21(19)22)13-30-33(26,27)28/h2-9,11,22H,10,12-13H2,1H3,(H2,26,27,28)/p+1. The molecule has 4 rings (SSSR count). The highest BCUT2D eigenvalue weighted by Crippen LogP contribution is 2.35. The molecule has 4 N–H and O–H groups in total. The fraction of sp³-hybridized carbons (Fsp3) is 0.190. The molecule has 0 amide bonds. The molecule has 0 radical (unpaired) electrons. The molecular formula is C21H22N4O7P+. The minimum absolute atomic E-state index is 0.220. The summed E-state index contributed by atoms with van der Waals surface area (Å²) in [6.07, 6.45) is 2.07. The van der Waals surface area contributed by atoms with Crippen molar-refractivity contribution in [3.05, 3.63) is 77.4 Å². The number of benzene rings is 1. The van der Waals surface area contributed by atoms with E-state index in [4.69, 9.17) is 29.3 Å². The van der Waals surface area contributed by atoms with Gasteiger partial charge >= 0.3 is 7.82 Å². The predicted molar refractivity (Wildman–Crippen MR) is 114 cm³/mol. The summed E-state index contributed by atoms with van der Waals surface area (Å²) in [5.74, 6) is 2.09. The lowest BCUT2D eigenvalue weighted by atomic mass is 10.1. The molecule has 0 atom stereocenters. The van der Waals surface area contributed by atoms with Gasteiger partial charge in [-0.2, -0.15) is 0 Å². The van der Waals surface area contributed by atoms with Crippen molar-refractivity contribution in [1.82, 2.24) is 10.3 Å². The maximum atomic E-state index is 10.9. The van der Waals surface area contributed by atoms with Gasteiger partial charge in [0.15, 0.2) is 5.76 Å². The molecule has 1 aromatic carbocycles. The second-order valence-electron chi connectivity index (χ2n) is 7.25. The first kappa shape index (κ1) is 22.7. The monoisotopic (exact) mass is 473 g/mol. The minimum atomic E-state index is -4.62. The first-order valence-electron chi connectivity index (χ1n) is 9.85. The fourth-order valence-electron chi connectivity index (χ4n) is 3.10. The van der Waals surface area contributed by atoms with Gasteiger partial charge < -0.3 is 23.6 Å². The number of rotatable bonds is 9. The van der Waals surface area contributed by atoms with E-state index in [0.717, 1.165) is 17.0 Å². The summed E-state index contributed by atoms with van der Waals surface area (Å²) in [6, 6.07) is 14.6. The normalized spacial score (nSPS) is 11.6. The SMILES string of the molecule is Cc1cc(COc2ccc(Cc3cc(-c4ccc[n+](COP(=O)(O)O)c4N)on3)cc2)no1. The van der Waals surface area contributed by atoms with Gasteiger partial charge in [0.05, 0.1) is 11.9 Å². The van der Waals surface area contributed by atoms with E-state index in [2.05, 4.69) is 14.8 Å². The van der Waals surface area contributed by atoms with Crippen molar-refractivity contribution in [1.29, 1.82) is 0 Å². The van der Waals surface area contributed by atoms with Crippen LogP contribution >= 0.6 is 7.82 Å². The number of nitrogens with zero attached hydrogens (tertiary/aromatic N) is 3. The second kappa shape index (κ2) is 9.55. The number of nitrogens with two attached hydrogens (primary N) is 1. The molecule has 0 fully saturated rings. The van der Waals surface area contributed by atoms with Crippen molar-refractivity contribution in [2.75, 3.05) is 5.73 Å². The first-order valence-corrected chi connectivity index (χ1v) is 11.4. The lowest BCUT2D eigenvalue weighted by molar-refractivity contribution is -0.711. The van der Waals surface area contributed by atoms with Crippen LogP contribution in [0.2, 0.25) is 0 Å². The maximum Gasteiger partial charge on any atom is 0.472 e. The van der Waals surface area contributed by atoms with Crippen LogP contribution in [0.15, 0.2) is 63.8 Å². The van der Waals surface area contributed by atoms with Gasteiger partial charge in [0.2, 0.25) is 6.73 Å². The molecule has 33 heavy (non-hydrogen) atoms. The molecule has 0 unspecified atom stereocenters. The van der Waals surface area contributed by atoms with E-state index < -0.39 is 14.6 Å². The Hall–Kier alpha value is -3.50. The molecular weight excluding hydrogens is 451 g/mol. The molecule has 4 aromatic rings. The van der Waals surface area contributed by atoms with Gasteiger partial charge in [-0.3, -0.25) is 5.73 Å². The molecule has 172 valence electrons. The van der Waals surface area contributed by atoms with Gasteiger partial charge in [-0.1, -0.05) is 22.4 Å². The van der Waals surface area contributed by atoms with E-state index in [9.17, 15) is 4.57 Å². The van der Waals surface area contributed by atoms with E-state index in [1.54, 1.807) is 24.4 Å². The molecule has 0 aliphatic heterocycles. The van der Waals surface area contributed by atoms with Gasteiger partial charge in [0, 0.05) is 18.6 Å². The highest BCUT2D eigenvalue weighted by molar-refractivity contribution is 7.46. The smallest absolute Gasteiger partial charge is 0.472 e. The van der Waals surface area contributed by atoms with Crippen LogP contribution in [0.3, 0.4) is 0 Å². The molecule has 0 bridgehead atoms. The average molecular weight is 473 g/mol. The molecule has 0 saturated carbocycles. The second-order valence-corrected chi connectivity index (χ2v) is 8.49. The van der Waals surface area contributed by atoms with Crippen LogP contribution in [-0.4, -0.2) is 20.1 Å². The zero-order valence-electron chi connectivity index (χ0n) is 17.6. The topological polar surface area (TPSA) is 158 Å². The summed E-state index contributed by atoms with van der Waals surface area (Å²) in [6.45, 7) is 1.74. The third-order valence-corrected chi connectivity index (χ3v) is 5.13. The third-order valence-electron chi connectivity index (χ3n) is 4.68. The van der Waals surface area contributed by atoms with Crippen molar-refractivity contribution in [3.8, 4) is 17.1 Å². The van der Waals surface area contributed by atoms with Crippen LogP contribution < -0.4 is 15.0 Å². The van der Waals surface area contributed by atoms with Crippen LogP contribution in [-0.2, 0) is 28.8 Å². The Balaban J connectivity index is 1.40. The Morgan fingerprint density at radius 1 is 1.09 bits per heavy atom. The summed E-state index contributed by atoms with van der Waals surface area (Å²) in [5.41, 5.74) is 9.06. The average Bonchev–Trinajstić information content (AvgIpc) is 3.41. The summed E-state index contributed by atoms with van der Waals surface area (Å²) in [5, 5.41) is 7.99. The Morgan fingerprint density at radius 2 is 1.85 bits per heavy atom. The molecule has 3 heterocycles. The largest absolute Gasteiger partial charge is 0.487 e. The van der Waals surface area contributed by atoms with Crippen LogP contribution in [0.5, 0.6) is 5.75 Å². The number of phosphoric acid groups is 1. The Kier molecular flexibility index (Phi) is 6.57. The molecule has 11 nitrogen and oxygen atoms in total. The summed E-state index contributed by atoms with van der Waals surface area (Å²) >= 11 is 0. The zero-order chi connectivity index (χ0) is 23.4. The number of aromatic nitrogens is 3. The number of hydrogen-bond donors (Lipinski definition) is 3. The summed E-state index contributed by atoms with van der Waals surface area (Å²) in [4.78, 5) is 17.8. The van der Waals surface area contributed by atoms with Crippen LogP contribution in [0.1, 0.15) is 22.7 Å². The van der Waals surface area contributed by atoms with Crippen molar-refractivity contribution in [3.63, 3.8) is 0 Å². The minimum Gasteiger partial charge on any atom is -0.487 e. The van der Waals surface area contributed by atoms with Gasteiger partial charge in [-0.15, -0.1) is 0 Å². The first-order chi connectivity index (χ1) is 15.8. The van der Waals surface area contributed by atoms with Crippen LogP contribution in [0.4, 0.5) is 5.82 Å². The molecule has 0 aliphatic rings. The lowest BCUT2D eigenvalue weighted by Crippen LogP contribution is -2.38. The molecule has 3 aromatic heterocycles. The Labute approximate surface area is 188 Å². The molecule has 0 aliphatic carbocycles. The van der Waals surface area contributed by atoms with Gasteiger partial charge in [0.25, 0.3) is 5.82 Å². The van der Waals surface area contributed by atoms with Crippen molar-refractivity contribution in [2.24, 2.45) is 0 Å². The van der Waals surface area contributed by atoms with E-state index in [1.807, 2.05) is 37.3 Å². The number of hydrogen-bond acceptors (Lipinski definition) is 8. The third kappa shape index (κ3) is 6.05.